The van der Waals surface area contributed by atoms with Crippen LogP contribution in [0.15, 0.2) is 15.5 Å². The molecule has 2 heterocycles. The first-order valence-electron chi connectivity index (χ1n) is 9.80. The van der Waals surface area contributed by atoms with Crippen molar-refractivity contribution < 1.29 is 18.2 Å². The number of fused-ring (bicyclic) bond motifs is 3. The van der Waals surface area contributed by atoms with E-state index < -0.39 is 15.9 Å². The van der Waals surface area contributed by atoms with Crippen LogP contribution < -0.4 is 10.5 Å². The van der Waals surface area contributed by atoms with Gasteiger partial charge in [-0.2, -0.15) is 5.10 Å². The topological polar surface area (TPSA) is 123 Å². The van der Waals surface area contributed by atoms with Crippen molar-refractivity contribution >= 4 is 27.5 Å². The molecule has 30 heavy (non-hydrogen) atoms. The van der Waals surface area contributed by atoms with Gasteiger partial charge in [-0.25, -0.2) is 18.5 Å². The minimum absolute atomic E-state index is 0.0634. The van der Waals surface area contributed by atoms with E-state index in [9.17, 15) is 18.2 Å². The number of amides is 3. The number of anilines is 1. The molecule has 2 aliphatic carbocycles. The standard InChI is InChI=1S/C19H21FN6O3S/c1-25-7-8-26-17(18(25)27)14(9-22-26)30(21,29)24-19(28)23-16-12-4-2-3-10(12)15(20)11-5-6-13(11)16/h9H,2-8H2,1H3,(H3,21,23,24,28,29). The van der Waals surface area contributed by atoms with Gasteiger partial charge in [0, 0.05) is 19.3 Å². The summed E-state index contributed by atoms with van der Waals surface area (Å²) in [5, 5.41) is 12.7. The van der Waals surface area contributed by atoms with Crippen LogP contribution in [0.5, 0.6) is 0 Å². The Morgan fingerprint density at radius 2 is 1.87 bits per heavy atom. The molecule has 11 heteroatoms. The largest absolute Gasteiger partial charge is 0.354 e. The van der Waals surface area contributed by atoms with Crippen molar-refractivity contribution in [3.05, 3.63) is 40.0 Å². The number of nitrogens with zero attached hydrogens (tertiary/aromatic N) is 4. The Labute approximate surface area is 172 Å². The second-order valence-electron chi connectivity index (χ2n) is 7.85. The predicted octanol–water partition coefficient (Wildman–Crippen LogP) is 1.63. The van der Waals surface area contributed by atoms with E-state index in [4.69, 9.17) is 5.14 Å². The molecule has 0 radical (unpaired) electrons. The zero-order valence-electron chi connectivity index (χ0n) is 16.4. The number of hydrogen-bond donors (Lipinski definition) is 2. The van der Waals surface area contributed by atoms with Gasteiger partial charge in [0.15, 0.2) is 0 Å². The first-order valence-corrected chi connectivity index (χ1v) is 11.4. The molecular formula is C19H21FN6O3S. The Kier molecular flexibility index (Phi) is 4.23. The van der Waals surface area contributed by atoms with E-state index in [1.54, 1.807) is 7.05 Å². The lowest BCUT2D eigenvalue weighted by molar-refractivity contribution is 0.0738. The summed E-state index contributed by atoms with van der Waals surface area (Å²) in [7, 11) is -2.08. The predicted molar refractivity (Wildman–Crippen MR) is 107 cm³/mol. The highest BCUT2D eigenvalue weighted by Crippen LogP contribution is 2.42. The maximum Gasteiger partial charge on any atom is 0.354 e. The molecule has 0 spiro atoms. The summed E-state index contributed by atoms with van der Waals surface area (Å²) < 4.78 is 32.8. The van der Waals surface area contributed by atoms with E-state index in [0.717, 1.165) is 17.5 Å². The number of nitrogens with one attached hydrogen (secondary N) is 1. The monoisotopic (exact) mass is 432 g/mol. The molecule has 0 bridgehead atoms. The summed E-state index contributed by atoms with van der Waals surface area (Å²) >= 11 is 0. The third-order valence-corrected chi connectivity index (χ3v) is 7.47. The lowest BCUT2D eigenvalue weighted by Crippen LogP contribution is -2.38. The normalized spacial score (nSPS) is 18.8. The minimum Gasteiger partial charge on any atom is -0.338 e. The second kappa shape index (κ2) is 6.61. The molecule has 0 saturated carbocycles. The van der Waals surface area contributed by atoms with Crippen LogP contribution in [-0.4, -0.2) is 44.4 Å². The van der Waals surface area contributed by atoms with Gasteiger partial charge in [0.2, 0.25) is 0 Å². The molecule has 1 unspecified atom stereocenters. The number of benzene rings is 1. The van der Waals surface area contributed by atoms with Crippen molar-refractivity contribution in [2.45, 2.75) is 43.5 Å². The number of carbonyl (C=O) groups is 2. The van der Waals surface area contributed by atoms with Crippen molar-refractivity contribution in [2.24, 2.45) is 9.50 Å². The Morgan fingerprint density at radius 1 is 1.20 bits per heavy atom. The quantitative estimate of drug-likeness (QED) is 0.749. The molecule has 1 aromatic carbocycles. The van der Waals surface area contributed by atoms with Crippen molar-refractivity contribution in [1.82, 2.24) is 14.7 Å². The smallest absolute Gasteiger partial charge is 0.338 e. The lowest BCUT2D eigenvalue weighted by atomic mass is 9.83. The van der Waals surface area contributed by atoms with Crippen LogP contribution in [0, 0.1) is 5.82 Å². The molecule has 1 aromatic heterocycles. The van der Waals surface area contributed by atoms with Gasteiger partial charge in [0.05, 0.1) is 12.7 Å². The Bertz CT molecular complexity index is 1240. The zero-order valence-corrected chi connectivity index (χ0v) is 17.2. The molecule has 9 nitrogen and oxygen atoms in total. The van der Waals surface area contributed by atoms with Crippen molar-refractivity contribution in [1.29, 1.82) is 0 Å². The van der Waals surface area contributed by atoms with Gasteiger partial charge in [0.25, 0.3) is 5.91 Å². The maximum absolute atomic E-state index is 14.6. The molecule has 1 aliphatic heterocycles. The van der Waals surface area contributed by atoms with Crippen molar-refractivity contribution in [3.8, 4) is 0 Å². The average Bonchev–Trinajstić information content (AvgIpc) is 3.29. The summed E-state index contributed by atoms with van der Waals surface area (Å²) in [6, 6.07) is -0.881. The summed E-state index contributed by atoms with van der Waals surface area (Å²) in [5.74, 6) is -0.532. The molecule has 0 saturated heterocycles. The van der Waals surface area contributed by atoms with E-state index in [1.165, 1.54) is 15.8 Å². The van der Waals surface area contributed by atoms with E-state index >= 15 is 0 Å². The van der Waals surface area contributed by atoms with E-state index in [0.29, 0.717) is 55.6 Å². The van der Waals surface area contributed by atoms with Gasteiger partial charge in [-0.05, 0) is 54.4 Å². The van der Waals surface area contributed by atoms with E-state index in [2.05, 4.69) is 14.8 Å². The molecule has 158 valence electrons. The van der Waals surface area contributed by atoms with Crippen LogP contribution in [0.3, 0.4) is 0 Å². The van der Waals surface area contributed by atoms with Crippen LogP contribution in [0.2, 0.25) is 0 Å². The third kappa shape index (κ3) is 2.76. The van der Waals surface area contributed by atoms with Gasteiger partial charge >= 0.3 is 6.03 Å². The third-order valence-electron chi connectivity index (χ3n) is 6.11. The Hall–Kier alpha value is -2.79. The fourth-order valence-electron chi connectivity index (χ4n) is 4.47. The minimum atomic E-state index is -3.70. The van der Waals surface area contributed by atoms with Crippen LogP contribution in [0.4, 0.5) is 14.9 Å². The van der Waals surface area contributed by atoms with Crippen LogP contribution >= 0.6 is 0 Å². The maximum atomic E-state index is 14.6. The molecule has 1 atom stereocenters. The fraction of sp³-hybridized carbons (Fsp3) is 0.421. The van der Waals surface area contributed by atoms with Crippen LogP contribution in [0.25, 0.3) is 0 Å². The molecule has 0 fully saturated rings. The number of nitrogens with two attached hydrogens (primary N) is 1. The number of halogens is 1. The highest BCUT2D eigenvalue weighted by Gasteiger charge is 2.33. The van der Waals surface area contributed by atoms with Crippen molar-refractivity contribution in [3.63, 3.8) is 0 Å². The number of urea groups is 1. The Balaban J connectivity index is 1.51. The zero-order chi connectivity index (χ0) is 21.2. The average molecular weight is 432 g/mol. The number of aromatic nitrogens is 2. The molecule has 3 aliphatic rings. The summed E-state index contributed by atoms with van der Waals surface area (Å²) in [4.78, 5) is 26.5. The molecular weight excluding hydrogens is 411 g/mol. The van der Waals surface area contributed by atoms with Gasteiger partial charge < -0.3 is 10.2 Å². The van der Waals surface area contributed by atoms with Gasteiger partial charge in [-0.1, -0.05) is 0 Å². The Morgan fingerprint density at radius 3 is 2.60 bits per heavy atom. The van der Waals surface area contributed by atoms with E-state index in [-0.39, 0.29) is 22.3 Å². The highest BCUT2D eigenvalue weighted by atomic mass is 32.2. The molecule has 2 aromatic rings. The van der Waals surface area contributed by atoms with Gasteiger partial charge in [-0.3, -0.25) is 9.48 Å². The number of hydrogen-bond acceptors (Lipinski definition) is 4. The van der Waals surface area contributed by atoms with E-state index in [1.807, 2.05) is 0 Å². The lowest BCUT2D eigenvalue weighted by Gasteiger charge is -2.26. The van der Waals surface area contributed by atoms with Crippen molar-refractivity contribution in [2.75, 3.05) is 18.9 Å². The highest BCUT2D eigenvalue weighted by molar-refractivity contribution is 7.91. The molecule has 3 amide bonds. The summed E-state index contributed by atoms with van der Waals surface area (Å²) in [6.07, 6.45) is 4.67. The summed E-state index contributed by atoms with van der Waals surface area (Å²) in [6.45, 7) is 0.907. The first kappa shape index (κ1) is 19.2. The molecule has 3 N–H and O–H groups in total. The summed E-state index contributed by atoms with van der Waals surface area (Å²) in [5.41, 5.74) is 3.51. The fourth-order valence-corrected chi connectivity index (χ4v) is 5.53. The first-order chi connectivity index (χ1) is 14.3. The second-order valence-corrected chi connectivity index (χ2v) is 9.61. The number of likely N-dealkylation sites (N-methyl/N-ethyl adjacent to an activating group) is 1. The molecule has 5 rings (SSSR count). The van der Waals surface area contributed by atoms with Gasteiger partial charge in [0.1, 0.15) is 26.3 Å². The SMILES string of the molecule is CN1CCn2ncc(S(N)(=O)=NC(=O)Nc3c4c(c(F)c5c3CC5)CCC4)c2C1=O. The number of carbonyl (C=O) groups excluding carboxylic acids is 2. The van der Waals surface area contributed by atoms with Crippen LogP contribution in [0.1, 0.15) is 39.2 Å². The number of rotatable bonds is 2. The van der Waals surface area contributed by atoms with Crippen LogP contribution in [-0.2, 0) is 42.1 Å². The van der Waals surface area contributed by atoms with Gasteiger partial charge in [-0.15, -0.1) is 4.36 Å².